The van der Waals surface area contributed by atoms with Crippen LogP contribution < -0.4 is 5.32 Å². The molecule has 1 amide bonds. The standard InChI is InChI=1S/C23H25N3O/c24-17-21(18-26-15-9-1-2-10-16-26)23(27)25-22(19-11-5-3-6-12-19)20-13-7-4-8-14-20/h3-8,11-14,18,22H,1-2,9-10,15-16H2,(H,25,27)/b21-18-. The molecule has 3 rings (SSSR count). The Morgan fingerprint density at radius 2 is 1.44 bits per heavy atom. The summed E-state index contributed by atoms with van der Waals surface area (Å²) in [4.78, 5) is 15.0. The maximum Gasteiger partial charge on any atom is 0.264 e. The van der Waals surface area contributed by atoms with Gasteiger partial charge in [0.15, 0.2) is 0 Å². The molecule has 138 valence electrons. The molecule has 27 heavy (non-hydrogen) atoms. The third kappa shape index (κ3) is 5.21. The number of hydrogen-bond donors (Lipinski definition) is 1. The van der Waals surface area contributed by atoms with E-state index in [0.29, 0.717) is 0 Å². The van der Waals surface area contributed by atoms with E-state index >= 15 is 0 Å². The fourth-order valence-corrected chi connectivity index (χ4v) is 3.40. The van der Waals surface area contributed by atoms with E-state index in [1.54, 1.807) is 6.20 Å². The molecule has 1 aliphatic heterocycles. The molecule has 0 unspecified atom stereocenters. The van der Waals surface area contributed by atoms with Gasteiger partial charge in [0.2, 0.25) is 0 Å². The number of nitriles is 1. The van der Waals surface area contributed by atoms with Crippen molar-refractivity contribution in [2.24, 2.45) is 0 Å². The van der Waals surface area contributed by atoms with Crippen molar-refractivity contribution in [3.63, 3.8) is 0 Å². The summed E-state index contributed by atoms with van der Waals surface area (Å²) in [5.41, 5.74) is 2.14. The summed E-state index contributed by atoms with van der Waals surface area (Å²) in [5, 5.41) is 12.6. The van der Waals surface area contributed by atoms with Crippen molar-refractivity contribution in [2.75, 3.05) is 13.1 Å². The largest absolute Gasteiger partial charge is 0.376 e. The molecule has 4 heteroatoms. The summed E-state index contributed by atoms with van der Waals surface area (Å²) in [5.74, 6) is -0.334. The Balaban J connectivity index is 1.82. The highest BCUT2D eigenvalue weighted by Crippen LogP contribution is 2.22. The van der Waals surface area contributed by atoms with E-state index in [2.05, 4.69) is 16.3 Å². The van der Waals surface area contributed by atoms with Crippen LogP contribution >= 0.6 is 0 Å². The molecule has 1 fully saturated rings. The third-order valence-corrected chi connectivity index (χ3v) is 4.86. The van der Waals surface area contributed by atoms with E-state index in [1.165, 1.54) is 12.8 Å². The van der Waals surface area contributed by atoms with Crippen LogP contribution in [0.5, 0.6) is 0 Å². The second-order valence-electron chi connectivity index (χ2n) is 6.83. The number of likely N-dealkylation sites (tertiary alicyclic amines) is 1. The van der Waals surface area contributed by atoms with Crippen LogP contribution in [0.3, 0.4) is 0 Å². The highest BCUT2D eigenvalue weighted by Gasteiger charge is 2.20. The van der Waals surface area contributed by atoms with Crippen LogP contribution in [0.25, 0.3) is 0 Å². The summed E-state index contributed by atoms with van der Waals surface area (Å²) in [6.45, 7) is 1.80. The highest BCUT2D eigenvalue weighted by atomic mass is 16.1. The molecule has 0 aliphatic carbocycles. The van der Waals surface area contributed by atoms with Crippen LogP contribution in [0.1, 0.15) is 42.9 Å². The number of hydrogen-bond acceptors (Lipinski definition) is 3. The van der Waals surface area contributed by atoms with Gasteiger partial charge >= 0.3 is 0 Å². The molecule has 0 bridgehead atoms. The second-order valence-corrected chi connectivity index (χ2v) is 6.83. The molecular formula is C23H25N3O. The zero-order chi connectivity index (χ0) is 18.9. The van der Waals surface area contributed by atoms with Gasteiger partial charge in [0.1, 0.15) is 11.6 Å². The molecule has 2 aromatic rings. The molecule has 0 atom stereocenters. The van der Waals surface area contributed by atoms with Crippen molar-refractivity contribution in [3.8, 4) is 6.07 Å². The predicted molar refractivity (Wildman–Crippen MR) is 107 cm³/mol. The Hall–Kier alpha value is -3.06. The summed E-state index contributed by atoms with van der Waals surface area (Å²) in [6, 6.07) is 21.5. The molecule has 0 radical (unpaired) electrons. The quantitative estimate of drug-likeness (QED) is 0.644. The lowest BCUT2D eigenvalue weighted by Gasteiger charge is -2.21. The van der Waals surface area contributed by atoms with Gasteiger partial charge in [-0.05, 0) is 24.0 Å². The molecule has 0 spiro atoms. The lowest BCUT2D eigenvalue weighted by Crippen LogP contribution is -2.31. The van der Waals surface area contributed by atoms with Gasteiger partial charge in [-0.25, -0.2) is 0 Å². The topological polar surface area (TPSA) is 56.1 Å². The van der Waals surface area contributed by atoms with Crippen molar-refractivity contribution >= 4 is 5.91 Å². The highest BCUT2D eigenvalue weighted by molar-refractivity contribution is 5.97. The van der Waals surface area contributed by atoms with Crippen molar-refractivity contribution in [1.29, 1.82) is 5.26 Å². The molecule has 1 saturated heterocycles. The Labute approximate surface area is 161 Å². The Bertz CT molecular complexity index is 761. The van der Waals surface area contributed by atoms with Crippen LogP contribution in [0.4, 0.5) is 0 Å². The van der Waals surface area contributed by atoms with E-state index < -0.39 is 0 Å². The normalized spacial score (nSPS) is 15.1. The number of amides is 1. The minimum atomic E-state index is -0.334. The first-order valence-corrected chi connectivity index (χ1v) is 9.54. The van der Waals surface area contributed by atoms with E-state index in [0.717, 1.165) is 37.1 Å². The fraction of sp³-hybridized carbons (Fsp3) is 0.304. The van der Waals surface area contributed by atoms with Crippen LogP contribution in [-0.4, -0.2) is 23.9 Å². The molecule has 2 aromatic carbocycles. The Kier molecular flexibility index (Phi) is 6.65. The minimum Gasteiger partial charge on any atom is -0.376 e. The Morgan fingerprint density at radius 3 is 1.93 bits per heavy atom. The summed E-state index contributed by atoms with van der Waals surface area (Å²) in [6.07, 6.45) is 6.36. The molecular weight excluding hydrogens is 334 g/mol. The maximum atomic E-state index is 12.9. The van der Waals surface area contributed by atoms with Crippen molar-refractivity contribution in [1.82, 2.24) is 10.2 Å². The smallest absolute Gasteiger partial charge is 0.264 e. The SMILES string of the molecule is N#C/C(=C/N1CCCCCC1)C(=O)NC(c1ccccc1)c1ccccc1. The van der Waals surface area contributed by atoms with Crippen LogP contribution in [0.15, 0.2) is 72.4 Å². The number of nitrogens with zero attached hydrogens (tertiary/aromatic N) is 2. The Morgan fingerprint density at radius 1 is 0.926 bits per heavy atom. The van der Waals surface area contributed by atoms with Gasteiger partial charge in [-0.3, -0.25) is 4.79 Å². The van der Waals surface area contributed by atoms with Gasteiger partial charge in [-0.1, -0.05) is 73.5 Å². The molecule has 0 saturated carbocycles. The fourth-order valence-electron chi connectivity index (χ4n) is 3.40. The number of nitrogens with one attached hydrogen (secondary N) is 1. The van der Waals surface area contributed by atoms with Gasteiger partial charge in [-0.2, -0.15) is 5.26 Å². The molecule has 1 aliphatic rings. The van der Waals surface area contributed by atoms with Gasteiger partial charge in [0.05, 0.1) is 6.04 Å². The molecule has 4 nitrogen and oxygen atoms in total. The van der Waals surface area contributed by atoms with Gasteiger partial charge in [-0.15, -0.1) is 0 Å². The average Bonchev–Trinajstić information content (AvgIpc) is 3.00. The van der Waals surface area contributed by atoms with E-state index in [-0.39, 0.29) is 17.5 Å². The monoisotopic (exact) mass is 359 g/mol. The van der Waals surface area contributed by atoms with Crippen molar-refractivity contribution in [2.45, 2.75) is 31.7 Å². The molecule has 0 aromatic heterocycles. The number of rotatable bonds is 5. The van der Waals surface area contributed by atoms with Crippen LogP contribution in [0, 0.1) is 11.3 Å². The van der Waals surface area contributed by atoms with Crippen molar-refractivity contribution < 1.29 is 4.79 Å². The maximum absolute atomic E-state index is 12.9. The van der Waals surface area contributed by atoms with Gasteiger partial charge in [0.25, 0.3) is 5.91 Å². The van der Waals surface area contributed by atoms with Crippen LogP contribution in [-0.2, 0) is 4.79 Å². The zero-order valence-corrected chi connectivity index (χ0v) is 15.5. The van der Waals surface area contributed by atoms with E-state index in [9.17, 15) is 10.1 Å². The summed E-state index contributed by atoms with van der Waals surface area (Å²) >= 11 is 0. The van der Waals surface area contributed by atoms with Crippen LogP contribution in [0.2, 0.25) is 0 Å². The van der Waals surface area contributed by atoms with E-state index in [1.807, 2.05) is 60.7 Å². The lowest BCUT2D eigenvalue weighted by molar-refractivity contribution is -0.117. The van der Waals surface area contributed by atoms with Gasteiger partial charge in [0, 0.05) is 19.3 Å². The number of benzene rings is 2. The second kappa shape index (κ2) is 9.59. The first kappa shape index (κ1) is 18.7. The predicted octanol–water partition coefficient (Wildman–Crippen LogP) is 4.18. The third-order valence-electron chi connectivity index (χ3n) is 4.86. The molecule has 1 heterocycles. The summed E-state index contributed by atoms with van der Waals surface area (Å²) in [7, 11) is 0. The van der Waals surface area contributed by atoms with Gasteiger partial charge < -0.3 is 10.2 Å². The van der Waals surface area contributed by atoms with Crippen molar-refractivity contribution in [3.05, 3.63) is 83.6 Å². The minimum absolute atomic E-state index is 0.161. The summed E-state index contributed by atoms with van der Waals surface area (Å²) < 4.78 is 0. The molecule has 1 N–H and O–H groups in total. The van der Waals surface area contributed by atoms with E-state index in [4.69, 9.17) is 0 Å². The lowest BCUT2D eigenvalue weighted by atomic mass is 9.98. The first-order valence-electron chi connectivity index (χ1n) is 9.54. The number of carbonyl (C=O) groups is 1. The zero-order valence-electron chi connectivity index (χ0n) is 15.5. The average molecular weight is 359 g/mol. The number of carbonyl (C=O) groups excluding carboxylic acids is 1. The first-order chi connectivity index (χ1) is 13.3.